The number of pyridine rings is 1. The Morgan fingerprint density at radius 1 is 1.25 bits per heavy atom. The molecule has 0 saturated heterocycles. The first-order valence-electron chi connectivity index (χ1n) is 8.71. The van der Waals surface area contributed by atoms with Gasteiger partial charge in [-0.2, -0.15) is 0 Å². The molecular formula is C18H23N5O. The van der Waals surface area contributed by atoms with Gasteiger partial charge in [0.1, 0.15) is 6.10 Å². The molecule has 2 aromatic heterocycles. The second-order valence-corrected chi connectivity index (χ2v) is 6.65. The molecule has 6 heteroatoms. The van der Waals surface area contributed by atoms with Crippen LogP contribution in [0, 0.1) is 0 Å². The maximum atomic E-state index is 6.15. The van der Waals surface area contributed by atoms with E-state index >= 15 is 0 Å². The third-order valence-corrected chi connectivity index (χ3v) is 4.86. The van der Waals surface area contributed by atoms with Gasteiger partial charge in [-0.25, -0.2) is 15.0 Å². The Morgan fingerprint density at radius 2 is 2.12 bits per heavy atom. The van der Waals surface area contributed by atoms with Crippen molar-refractivity contribution in [2.45, 2.75) is 51.3 Å². The van der Waals surface area contributed by atoms with Crippen LogP contribution in [0.25, 0.3) is 0 Å². The molecule has 0 unspecified atom stereocenters. The van der Waals surface area contributed by atoms with Crippen LogP contribution in [0.15, 0.2) is 24.5 Å². The minimum atomic E-state index is 0.331. The van der Waals surface area contributed by atoms with Crippen molar-refractivity contribution in [3.63, 3.8) is 0 Å². The predicted molar refractivity (Wildman–Crippen MR) is 91.4 cm³/mol. The Bertz CT molecular complexity index is 714. The zero-order valence-corrected chi connectivity index (χ0v) is 13.8. The van der Waals surface area contributed by atoms with Crippen molar-refractivity contribution in [2.75, 3.05) is 12.3 Å². The lowest BCUT2D eigenvalue weighted by atomic mass is 10.1. The van der Waals surface area contributed by atoms with Gasteiger partial charge in [-0.1, -0.05) is 6.07 Å². The third kappa shape index (κ3) is 3.33. The number of nitrogens with two attached hydrogens (primary N) is 1. The lowest BCUT2D eigenvalue weighted by molar-refractivity contribution is 0.190. The minimum Gasteiger partial charge on any atom is -0.474 e. The molecule has 6 nitrogen and oxygen atoms in total. The number of nitrogen functional groups attached to an aromatic ring is 1. The van der Waals surface area contributed by atoms with Gasteiger partial charge in [0.25, 0.3) is 0 Å². The van der Waals surface area contributed by atoms with Crippen LogP contribution in [-0.2, 0) is 19.5 Å². The Balaban J connectivity index is 1.46. The molecule has 0 amide bonds. The van der Waals surface area contributed by atoms with E-state index in [1.807, 2.05) is 18.5 Å². The van der Waals surface area contributed by atoms with Crippen molar-refractivity contribution in [1.82, 2.24) is 19.9 Å². The average Bonchev–Trinajstić information content (AvgIpc) is 3.10. The van der Waals surface area contributed by atoms with E-state index in [2.05, 4.69) is 25.9 Å². The number of aromatic nitrogens is 3. The summed E-state index contributed by atoms with van der Waals surface area (Å²) in [4.78, 5) is 15.3. The molecule has 0 aromatic carbocycles. The molecule has 2 aliphatic rings. The zero-order valence-electron chi connectivity index (χ0n) is 13.8. The fourth-order valence-corrected chi connectivity index (χ4v) is 3.58. The molecule has 0 bridgehead atoms. The summed E-state index contributed by atoms with van der Waals surface area (Å²) in [5, 5.41) is 0. The van der Waals surface area contributed by atoms with E-state index in [0.717, 1.165) is 61.6 Å². The van der Waals surface area contributed by atoms with E-state index in [1.165, 1.54) is 12.8 Å². The van der Waals surface area contributed by atoms with Gasteiger partial charge in [0.2, 0.25) is 11.8 Å². The van der Waals surface area contributed by atoms with Crippen LogP contribution >= 0.6 is 0 Å². The van der Waals surface area contributed by atoms with Gasteiger partial charge in [-0.05, 0) is 31.7 Å². The third-order valence-electron chi connectivity index (χ3n) is 4.86. The summed E-state index contributed by atoms with van der Waals surface area (Å²) >= 11 is 0. The second kappa shape index (κ2) is 6.73. The van der Waals surface area contributed by atoms with Gasteiger partial charge in [0.15, 0.2) is 0 Å². The van der Waals surface area contributed by atoms with E-state index in [9.17, 15) is 0 Å². The Kier molecular flexibility index (Phi) is 4.30. The molecule has 1 aliphatic carbocycles. The monoisotopic (exact) mass is 325 g/mol. The maximum absolute atomic E-state index is 6.15. The van der Waals surface area contributed by atoms with Gasteiger partial charge in [-0.3, -0.25) is 4.90 Å². The smallest absolute Gasteiger partial charge is 0.220 e. The van der Waals surface area contributed by atoms with Crippen LogP contribution in [0.3, 0.4) is 0 Å². The highest BCUT2D eigenvalue weighted by atomic mass is 16.5. The number of hydrogen-bond donors (Lipinski definition) is 1. The molecule has 126 valence electrons. The van der Waals surface area contributed by atoms with Crippen LogP contribution in [0.5, 0.6) is 5.88 Å². The molecule has 1 saturated carbocycles. The number of hydrogen-bond acceptors (Lipinski definition) is 6. The van der Waals surface area contributed by atoms with Gasteiger partial charge in [0.05, 0.1) is 5.69 Å². The van der Waals surface area contributed by atoms with E-state index in [-0.39, 0.29) is 0 Å². The molecule has 1 aliphatic heterocycles. The van der Waals surface area contributed by atoms with Crippen molar-refractivity contribution in [2.24, 2.45) is 0 Å². The van der Waals surface area contributed by atoms with Crippen LogP contribution in [-0.4, -0.2) is 32.5 Å². The van der Waals surface area contributed by atoms with E-state index in [4.69, 9.17) is 10.5 Å². The summed E-state index contributed by atoms with van der Waals surface area (Å²) in [5.41, 5.74) is 9.07. The summed E-state index contributed by atoms with van der Waals surface area (Å²) in [6, 6.07) is 4.10. The SMILES string of the molecule is Nc1ncc2c(n1)CCN(Cc1cccnc1OC1CCCC1)C2. The normalized spacial score (nSPS) is 18.5. The van der Waals surface area contributed by atoms with Gasteiger partial charge >= 0.3 is 0 Å². The van der Waals surface area contributed by atoms with E-state index < -0.39 is 0 Å². The van der Waals surface area contributed by atoms with Crippen LogP contribution in [0.2, 0.25) is 0 Å². The second-order valence-electron chi connectivity index (χ2n) is 6.65. The fraction of sp³-hybridized carbons (Fsp3) is 0.500. The summed E-state index contributed by atoms with van der Waals surface area (Å²) in [6.07, 6.45) is 9.72. The van der Waals surface area contributed by atoms with Crippen LogP contribution in [0.4, 0.5) is 5.95 Å². The first-order valence-corrected chi connectivity index (χ1v) is 8.71. The molecule has 0 radical (unpaired) electrons. The molecule has 1 fully saturated rings. The van der Waals surface area contributed by atoms with Crippen molar-refractivity contribution in [3.05, 3.63) is 41.3 Å². The van der Waals surface area contributed by atoms with Crippen LogP contribution in [0.1, 0.15) is 42.5 Å². The van der Waals surface area contributed by atoms with Crippen molar-refractivity contribution >= 4 is 5.95 Å². The number of fused-ring (bicyclic) bond motifs is 1. The maximum Gasteiger partial charge on any atom is 0.220 e. The first kappa shape index (κ1) is 15.3. The molecule has 2 N–H and O–H groups in total. The lowest BCUT2D eigenvalue weighted by Crippen LogP contribution is -2.31. The highest BCUT2D eigenvalue weighted by molar-refractivity contribution is 5.29. The highest BCUT2D eigenvalue weighted by Crippen LogP contribution is 2.27. The molecular weight excluding hydrogens is 302 g/mol. The van der Waals surface area contributed by atoms with Crippen molar-refractivity contribution in [1.29, 1.82) is 0 Å². The summed E-state index contributed by atoms with van der Waals surface area (Å²) in [5.74, 6) is 1.16. The molecule has 3 heterocycles. The molecule has 4 rings (SSSR count). The topological polar surface area (TPSA) is 77.2 Å². The summed E-state index contributed by atoms with van der Waals surface area (Å²) < 4.78 is 6.15. The molecule has 0 spiro atoms. The fourth-order valence-electron chi connectivity index (χ4n) is 3.58. The summed E-state index contributed by atoms with van der Waals surface area (Å²) in [6.45, 7) is 2.63. The lowest BCUT2D eigenvalue weighted by Gasteiger charge is -2.28. The van der Waals surface area contributed by atoms with E-state index in [0.29, 0.717) is 12.1 Å². The van der Waals surface area contributed by atoms with Crippen molar-refractivity contribution < 1.29 is 4.74 Å². The quantitative estimate of drug-likeness (QED) is 0.929. The average molecular weight is 325 g/mol. The number of nitrogens with zero attached hydrogens (tertiary/aromatic N) is 4. The molecule has 24 heavy (non-hydrogen) atoms. The molecule has 2 aromatic rings. The van der Waals surface area contributed by atoms with Crippen molar-refractivity contribution in [3.8, 4) is 5.88 Å². The number of rotatable bonds is 4. The number of ether oxygens (including phenoxy) is 1. The van der Waals surface area contributed by atoms with Gasteiger partial charge in [0, 0.05) is 49.6 Å². The summed E-state index contributed by atoms with van der Waals surface area (Å²) in [7, 11) is 0. The first-order chi connectivity index (χ1) is 11.8. The predicted octanol–water partition coefficient (Wildman–Crippen LogP) is 2.33. The molecule has 0 atom stereocenters. The van der Waals surface area contributed by atoms with Crippen LogP contribution < -0.4 is 10.5 Å². The largest absolute Gasteiger partial charge is 0.474 e. The Hall–Kier alpha value is -2.21. The Morgan fingerprint density at radius 3 is 3.00 bits per heavy atom. The van der Waals surface area contributed by atoms with E-state index in [1.54, 1.807) is 0 Å². The standard InChI is InChI=1S/C18H23N5O/c19-18-21-10-14-12-23(9-7-16(14)22-18)11-13-4-3-8-20-17(13)24-15-5-1-2-6-15/h3-4,8,10,15H,1-2,5-7,9,11-12H2,(H2,19,21,22). The highest BCUT2D eigenvalue weighted by Gasteiger charge is 2.22. The van der Waals surface area contributed by atoms with Gasteiger partial charge in [-0.15, -0.1) is 0 Å². The Labute approximate surface area is 142 Å². The number of anilines is 1. The van der Waals surface area contributed by atoms with Gasteiger partial charge < -0.3 is 10.5 Å². The zero-order chi connectivity index (χ0) is 16.4. The minimum absolute atomic E-state index is 0.331.